The molecule has 3 N–H and O–H groups in total. The van der Waals surface area contributed by atoms with Gasteiger partial charge in [-0.05, 0) is 13.0 Å². The average molecular weight is 336 g/mol. The van der Waals surface area contributed by atoms with Crippen LogP contribution < -0.4 is 14.8 Å². The lowest BCUT2D eigenvalue weighted by Gasteiger charge is -2.11. The Morgan fingerprint density at radius 1 is 1.10 bits per heavy atom. The molecule has 10 heteroatoms. The van der Waals surface area contributed by atoms with Crippen molar-refractivity contribution in [1.29, 1.82) is 0 Å². The van der Waals surface area contributed by atoms with Crippen molar-refractivity contribution in [3.05, 3.63) is 18.5 Å². The maximum atomic E-state index is 12.2. The molecule has 8 nitrogen and oxygen atoms in total. The fourth-order valence-corrected chi connectivity index (χ4v) is 3.85. The summed E-state index contributed by atoms with van der Waals surface area (Å²) in [5.74, 6) is -0.323. The van der Waals surface area contributed by atoms with Crippen LogP contribution in [-0.2, 0) is 20.0 Å². The molecular weight excluding hydrogens is 316 g/mol. The highest BCUT2D eigenvalue weighted by Crippen LogP contribution is 2.18. The first-order valence-electron chi connectivity index (χ1n) is 6.47. The van der Waals surface area contributed by atoms with Gasteiger partial charge in [0.2, 0.25) is 20.0 Å². The molecule has 0 aromatic carbocycles. The lowest BCUT2D eigenvalue weighted by Crippen LogP contribution is -2.34. The Bertz CT molecular complexity index is 659. The number of nitrogens with zero attached hydrogens (tertiary/aromatic N) is 1. The van der Waals surface area contributed by atoms with Gasteiger partial charge < -0.3 is 5.32 Å². The van der Waals surface area contributed by atoms with Gasteiger partial charge in [0.05, 0.1) is 11.4 Å². The number of hydrogen-bond donors (Lipinski definition) is 3. The molecule has 0 aliphatic rings. The molecule has 0 saturated carbocycles. The summed E-state index contributed by atoms with van der Waals surface area (Å²) in [6.07, 6.45) is 2.70. The third-order valence-corrected chi connectivity index (χ3v) is 5.43. The number of nitrogens with one attached hydrogen (secondary N) is 3. The van der Waals surface area contributed by atoms with E-state index in [2.05, 4.69) is 19.7 Å². The van der Waals surface area contributed by atoms with E-state index in [1.807, 2.05) is 6.92 Å². The molecule has 0 spiro atoms. The van der Waals surface area contributed by atoms with E-state index in [1.54, 1.807) is 13.0 Å². The van der Waals surface area contributed by atoms with Crippen molar-refractivity contribution < 1.29 is 16.8 Å². The predicted molar refractivity (Wildman–Crippen MR) is 81.1 cm³/mol. The summed E-state index contributed by atoms with van der Waals surface area (Å²) in [6.45, 7) is 4.11. The monoisotopic (exact) mass is 336 g/mol. The van der Waals surface area contributed by atoms with Crippen LogP contribution in [0.25, 0.3) is 0 Å². The molecule has 1 aromatic rings. The smallest absolute Gasteiger partial charge is 0.244 e. The van der Waals surface area contributed by atoms with Crippen molar-refractivity contribution in [1.82, 2.24) is 14.4 Å². The second kappa shape index (κ2) is 7.69. The quantitative estimate of drug-likeness (QED) is 0.571. The molecule has 0 aliphatic heterocycles. The second-order valence-corrected chi connectivity index (χ2v) is 7.78. The molecule has 1 aromatic heterocycles. The molecule has 0 bridgehead atoms. The van der Waals surface area contributed by atoms with Gasteiger partial charge in [-0.15, -0.1) is 0 Å². The first-order chi connectivity index (χ1) is 9.82. The maximum Gasteiger partial charge on any atom is 0.244 e. The lowest BCUT2D eigenvalue weighted by molar-refractivity contribution is 0.576. The largest absolute Gasteiger partial charge is 0.384 e. The number of rotatable bonds is 9. The van der Waals surface area contributed by atoms with Gasteiger partial charge in [0.15, 0.2) is 0 Å². The van der Waals surface area contributed by atoms with E-state index < -0.39 is 20.0 Å². The Morgan fingerprint density at radius 2 is 1.81 bits per heavy atom. The number of aromatic nitrogens is 1. The molecule has 21 heavy (non-hydrogen) atoms. The van der Waals surface area contributed by atoms with Crippen LogP contribution in [0.4, 0.5) is 5.69 Å². The Kier molecular flexibility index (Phi) is 6.52. The SMILES string of the molecule is CCNc1ccncc1S(=O)(=O)NCCS(=O)(=O)NCC. The molecule has 0 unspecified atom stereocenters. The second-order valence-electron chi connectivity index (χ2n) is 4.12. The summed E-state index contributed by atoms with van der Waals surface area (Å²) in [7, 11) is -7.28. The predicted octanol–water partition coefficient (Wildman–Crippen LogP) is -0.269. The topological polar surface area (TPSA) is 117 Å². The molecule has 1 heterocycles. The Hall–Kier alpha value is -1.23. The molecule has 0 fully saturated rings. The van der Waals surface area contributed by atoms with E-state index >= 15 is 0 Å². The summed E-state index contributed by atoms with van der Waals surface area (Å²) in [6, 6.07) is 1.55. The molecule has 1 rings (SSSR count). The standard InChI is InChI=1S/C11H20N4O4S2/c1-3-13-10-5-6-12-9-11(10)21(18,19)15-7-8-20(16,17)14-4-2/h5-6,9,14-15H,3-4,7-8H2,1-2H3,(H,12,13). The zero-order chi connectivity index (χ0) is 15.9. The number of hydrogen-bond acceptors (Lipinski definition) is 6. The minimum absolute atomic E-state index is 0.00676. The zero-order valence-corrected chi connectivity index (χ0v) is 13.6. The minimum Gasteiger partial charge on any atom is -0.384 e. The lowest BCUT2D eigenvalue weighted by atomic mass is 10.4. The van der Waals surface area contributed by atoms with Gasteiger partial charge in [-0.1, -0.05) is 6.92 Å². The van der Waals surface area contributed by atoms with Crippen LogP contribution in [0.3, 0.4) is 0 Å². The number of anilines is 1. The van der Waals surface area contributed by atoms with E-state index in [9.17, 15) is 16.8 Å². The fraction of sp³-hybridized carbons (Fsp3) is 0.545. The Morgan fingerprint density at radius 3 is 2.43 bits per heavy atom. The van der Waals surface area contributed by atoms with Gasteiger partial charge in [-0.3, -0.25) is 4.98 Å². The number of pyridine rings is 1. The van der Waals surface area contributed by atoms with E-state index in [1.165, 1.54) is 12.4 Å². The first kappa shape index (κ1) is 17.8. The molecule has 0 atom stereocenters. The van der Waals surface area contributed by atoms with Gasteiger partial charge in [-0.25, -0.2) is 26.3 Å². The summed E-state index contributed by atoms with van der Waals surface area (Å²) in [5, 5.41) is 2.92. The van der Waals surface area contributed by atoms with Gasteiger partial charge in [-0.2, -0.15) is 0 Å². The first-order valence-corrected chi connectivity index (χ1v) is 9.61. The molecule has 0 radical (unpaired) electrons. The maximum absolute atomic E-state index is 12.2. The van der Waals surface area contributed by atoms with Crippen molar-refractivity contribution in [3.8, 4) is 0 Å². The summed E-state index contributed by atoms with van der Waals surface area (Å²) in [4.78, 5) is 3.78. The highest BCUT2D eigenvalue weighted by molar-refractivity contribution is 7.90. The van der Waals surface area contributed by atoms with E-state index in [4.69, 9.17) is 0 Å². The van der Waals surface area contributed by atoms with Crippen LogP contribution in [0, 0.1) is 0 Å². The molecule has 0 saturated heterocycles. The normalized spacial score (nSPS) is 12.3. The summed E-state index contributed by atoms with van der Waals surface area (Å²) in [5.41, 5.74) is 0.426. The molecular formula is C11H20N4O4S2. The third kappa shape index (κ3) is 5.58. The van der Waals surface area contributed by atoms with Crippen LogP contribution in [-0.4, -0.2) is 47.2 Å². The molecule has 0 aliphatic carbocycles. The fourth-order valence-electron chi connectivity index (χ4n) is 1.61. The summed E-state index contributed by atoms with van der Waals surface area (Å²) < 4.78 is 51.8. The van der Waals surface area contributed by atoms with Crippen molar-refractivity contribution in [2.75, 3.05) is 30.7 Å². The van der Waals surface area contributed by atoms with Crippen molar-refractivity contribution in [2.45, 2.75) is 18.7 Å². The van der Waals surface area contributed by atoms with Crippen LogP contribution in [0.2, 0.25) is 0 Å². The van der Waals surface area contributed by atoms with Gasteiger partial charge in [0.1, 0.15) is 4.90 Å². The van der Waals surface area contributed by atoms with Gasteiger partial charge in [0, 0.05) is 32.0 Å². The summed E-state index contributed by atoms with van der Waals surface area (Å²) >= 11 is 0. The van der Waals surface area contributed by atoms with Crippen molar-refractivity contribution in [3.63, 3.8) is 0 Å². The molecule has 0 amide bonds. The average Bonchev–Trinajstić information content (AvgIpc) is 2.39. The Labute approximate surface area is 125 Å². The van der Waals surface area contributed by atoms with Crippen LogP contribution >= 0.6 is 0 Å². The van der Waals surface area contributed by atoms with E-state index in [-0.39, 0.29) is 23.7 Å². The van der Waals surface area contributed by atoms with Crippen LogP contribution in [0.5, 0.6) is 0 Å². The highest BCUT2D eigenvalue weighted by Gasteiger charge is 2.19. The van der Waals surface area contributed by atoms with Crippen molar-refractivity contribution >= 4 is 25.7 Å². The van der Waals surface area contributed by atoms with E-state index in [0.717, 1.165) is 0 Å². The third-order valence-electron chi connectivity index (χ3n) is 2.47. The number of sulfonamides is 2. The van der Waals surface area contributed by atoms with Crippen LogP contribution in [0.15, 0.2) is 23.4 Å². The molecule has 120 valence electrons. The van der Waals surface area contributed by atoms with Gasteiger partial charge in [0.25, 0.3) is 0 Å². The zero-order valence-electron chi connectivity index (χ0n) is 12.0. The highest BCUT2D eigenvalue weighted by atomic mass is 32.2. The Balaban J connectivity index is 2.79. The van der Waals surface area contributed by atoms with E-state index in [0.29, 0.717) is 12.2 Å². The van der Waals surface area contributed by atoms with Crippen molar-refractivity contribution in [2.24, 2.45) is 0 Å². The van der Waals surface area contributed by atoms with Gasteiger partial charge >= 0.3 is 0 Å². The minimum atomic E-state index is -3.82. The van der Waals surface area contributed by atoms with Crippen LogP contribution in [0.1, 0.15) is 13.8 Å².